The highest BCUT2D eigenvalue weighted by atomic mass is 32.2. The lowest BCUT2D eigenvalue weighted by atomic mass is 9.81. The Morgan fingerprint density at radius 3 is 2.90 bits per heavy atom. The molecule has 0 heterocycles. The molecule has 116 valence electrons. The first-order valence-corrected chi connectivity index (χ1v) is 8.66. The third-order valence-electron chi connectivity index (χ3n) is 4.22. The number of benzene rings is 1. The molecule has 0 amide bonds. The minimum absolute atomic E-state index is 0.375. The van der Waals surface area contributed by atoms with Crippen molar-refractivity contribution in [3.63, 3.8) is 0 Å². The van der Waals surface area contributed by atoms with Crippen molar-refractivity contribution in [2.24, 2.45) is 0 Å². The topological polar surface area (TPSA) is 49.3 Å². The molecule has 21 heavy (non-hydrogen) atoms. The molecular formula is C17H25NO2S. The van der Waals surface area contributed by atoms with Gasteiger partial charge in [-0.15, -0.1) is 11.8 Å². The third kappa shape index (κ3) is 4.01. The van der Waals surface area contributed by atoms with E-state index in [2.05, 4.69) is 37.4 Å². The molecule has 0 aliphatic heterocycles. The fourth-order valence-corrected chi connectivity index (χ4v) is 4.41. The lowest BCUT2D eigenvalue weighted by Crippen LogP contribution is -2.55. The molecule has 0 saturated heterocycles. The van der Waals surface area contributed by atoms with Crippen LogP contribution in [0.2, 0.25) is 0 Å². The normalized spacial score (nSPS) is 25.7. The summed E-state index contributed by atoms with van der Waals surface area (Å²) < 4.78 is 0. The van der Waals surface area contributed by atoms with Crippen molar-refractivity contribution in [2.75, 3.05) is 6.54 Å². The molecule has 1 aliphatic carbocycles. The van der Waals surface area contributed by atoms with Crippen LogP contribution in [-0.4, -0.2) is 28.4 Å². The zero-order chi connectivity index (χ0) is 15.3. The van der Waals surface area contributed by atoms with Gasteiger partial charge >= 0.3 is 5.97 Å². The minimum atomic E-state index is -0.728. The van der Waals surface area contributed by atoms with Gasteiger partial charge in [0, 0.05) is 10.1 Å². The molecular weight excluding hydrogens is 282 g/mol. The molecule has 2 N–H and O–H groups in total. The fourth-order valence-electron chi connectivity index (χ4n) is 2.99. The SMILES string of the molecule is CCCNC1(C(=O)O)CCCC(Sc2ccccc2C)C1. The van der Waals surface area contributed by atoms with Crippen LogP contribution >= 0.6 is 11.8 Å². The van der Waals surface area contributed by atoms with Gasteiger partial charge in [-0.3, -0.25) is 4.79 Å². The molecule has 1 aliphatic rings. The predicted octanol–water partition coefficient (Wildman–Crippen LogP) is 3.85. The van der Waals surface area contributed by atoms with Crippen LogP contribution in [0.5, 0.6) is 0 Å². The summed E-state index contributed by atoms with van der Waals surface area (Å²) in [7, 11) is 0. The highest BCUT2D eigenvalue weighted by molar-refractivity contribution is 8.00. The van der Waals surface area contributed by atoms with Crippen molar-refractivity contribution >= 4 is 17.7 Å². The number of nitrogens with one attached hydrogen (secondary N) is 1. The number of rotatable bonds is 6. The second-order valence-electron chi connectivity index (χ2n) is 5.92. The molecule has 1 fully saturated rings. The van der Waals surface area contributed by atoms with Crippen LogP contribution in [0.15, 0.2) is 29.2 Å². The summed E-state index contributed by atoms with van der Waals surface area (Å²) in [6, 6.07) is 8.35. The third-order valence-corrected chi connectivity index (χ3v) is 5.66. The van der Waals surface area contributed by atoms with Gasteiger partial charge in [0.2, 0.25) is 0 Å². The summed E-state index contributed by atoms with van der Waals surface area (Å²) in [4.78, 5) is 13.1. The van der Waals surface area contributed by atoms with Gasteiger partial charge in [-0.2, -0.15) is 0 Å². The Hall–Kier alpha value is -1.00. The summed E-state index contributed by atoms with van der Waals surface area (Å²) in [5.41, 5.74) is 0.546. The average molecular weight is 307 g/mol. The second-order valence-corrected chi connectivity index (χ2v) is 7.26. The molecule has 0 aromatic heterocycles. The van der Waals surface area contributed by atoms with Crippen LogP contribution in [0.1, 0.15) is 44.6 Å². The van der Waals surface area contributed by atoms with Crippen molar-refractivity contribution < 1.29 is 9.90 Å². The van der Waals surface area contributed by atoms with Gasteiger partial charge in [0.25, 0.3) is 0 Å². The quantitative estimate of drug-likeness (QED) is 0.838. The number of carboxylic acids is 1. The Balaban J connectivity index is 2.08. The molecule has 2 rings (SSSR count). The van der Waals surface area contributed by atoms with E-state index in [0.717, 1.165) is 32.2 Å². The first-order chi connectivity index (χ1) is 10.1. The Bertz CT molecular complexity index is 491. The molecule has 1 saturated carbocycles. The summed E-state index contributed by atoms with van der Waals surface area (Å²) >= 11 is 1.84. The fraction of sp³-hybridized carbons (Fsp3) is 0.588. The molecule has 3 nitrogen and oxygen atoms in total. The van der Waals surface area contributed by atoms with E-state index in [-0.39, 0.29) is 0 Å². The maximum absolute atomic E-state index is 11.8. The monoisotopic (exact) mass is 307 g/mol. The van der Waals surface area contributed by atoms with E-state index in [1.54, 1.807) is 0 Å². The van der Waals surface area contributed by atoms with Crippen molar-refractivity contribution in [1.82, 2.24) is 5.32 Å². The first-order valence-electron chi connectivity index (χ1n) is 7.78. The van der Waals surface area contributed by atoms with Gasteiger partial charge in [-0.25, -0.2) is 0 Å². The Labute approximate surface area is 131 Å². The Kier molecular flexibility index (Phi) is 5.71. The average Bonchev–Trinajstić information content (AvgIpc) is 2.48. The summed E-state index contributed by atoms with van der Waals surface area (Å²) in [5.74, 6) is -0.689. The Morgan fingerprint density at radius 1 is 1.48 bits per heavy atom. The van der Waals surface area contributed by atoms with Gasteiger partial charge < -0.3 is 10.4 Å². The van der Waals surface area contributed by atoms with Crippen LogP contribution in [0, 0.1) is 6.92 Å². The predicted molar refractivity (Wildman–Crippen MR) is 88.0 cm³/mol. The number of carboxylic acid groups (broad SMARTS) is 1. The molecule has 0 spiro atoms. The summed E-state index contributed by atoms with van der Waals surface area (Å²) in [6.45, 7) is 4.96. The van der Waals surface area contributed by atoms with E-state index in [9.17, 15) is 9.90 Å². The van der Waals surface area contributed by atoms with E-state index in [1.165, 1.54) is 10.5 Å². The van der Waals surface area contributed by atoms with Crippen LogP contribution in [-0.2, 0) is 4.79 Å². The maximum Gasteiger partial charge on any atom is 0.323 e. The maximum atomic E-state index is 11.8. The van der Waals surface area contributed by atoms with Crippen LogP contribution in [0.3, 0.4) is 0 Å². The van der Waals surface area contributed by atoms with E-state index in [1.807, 2.05) is 17.8 Å². The standard InChI is InChI=1S/C17H25NO2S/c1-3-11-18-17(16(19)20)10-6-8-14(12-17)21-15-9-5-4-7-13(15)2/h4-5,7,9,14,18H,3,6,8,10-12H2,1-2H3,(H,19,20). The highest BCUT2D eigenvalue weighted by Crippen LogP contribution is 2.39. The minimum Gasteiger partial charge on any atom is -0.480 e. The van der Waals surface area contributed by atoms with Crippen molar-refractivity contribution in [3.05, 3.63) is 29.8 Å². The largest absolute Gasteiger partial charge is 0.480 e. The lowest BCUT2D eigenvalue weighted by molar-refractivity contribution is -0.146. The number of carbonyl (C=O) groups is 1. The van der Waals surface area contributed by atoms with Crippen LogP contribution < -0.4 is 5.32 Å². The van der Waals surface area contributed by atoms with Crippen molar-refractivity contribution in [2.45, 2.75) is 61.6 Å². The number of aliphatic carboxylic acids is 1. The molecule has 0 radical (unpaired) electrons. The van der Waals surface area contributed by atoms with E-state index in [4.69, 9.17) is 0 Å². The molecule has 2 atom stereocenters. The number of aryl methyl sites for hydroxylation is 1. The second kappa shape index (κ2) is 7.32. The molecule has 1 aromatic rings. The van der Waals surface area contributed by atoms with E-state index in [0.29, 0.717) is 11.7 Å². The number of hydrogen-bond acceptors (Lipinski definition) is 3. The zero-order valence-electron chi connectivity index (χ0n) is 12.9. The highest BCUT2D eigenvalue weighted by Gasteiger charge is 2.42. The van der Waals surface area contributed by atoms with Gasteiger partial charge in [0.1, 0.15) is 5.54 Å². The summed E-state index contributed by atoms with van der Waals surface area (Å²) in [6.07, 6.45) is 4.49. The van der Waals surface area contributed by atoms with Gasteiger partial charge in [-0.1, -0.05) is 25.1 Å². The molecule has 1 aromatic carbocycles. The number of thioether (sulfide) groups is 1. The molecule has 4 heteroatoms. The van der Waals surface area contributed by atoms with Gasteiger partial charge in [0.15, 0.2) is 0 Å². The number of hydrogen-bond donors (Lipinski definition) is 2. The lowest BCUT2D eigenvalue weighted by Gasteiger charge is -2.38. The van der Waals surface area contributed by atoms with E-state index < -0.39 is 11.5 Å². The van der Waals surface area contributed by atoms with Crippen molar-refractivity contribution in [1.29, 1.82) is 0 Å². The van der Waals surface area contributed by atoms with Crippen LogP contribution in [0.4, 0.5) is 0 Å². The summed E-state index contributed by atoms with van der Waals surface area (Å²) in [5, 5.41) is 13.4. The van der Waals surface area contributed by atoms with Crippen molar-refractivity contribution in [3.8, 4) is 0 Å². The smallest absolute Gasteiger partial charge is 0.323 e. The van der Waals surface area contributed by atoms with Gasteiger partial charge in [-0.05, 0) is 57.2 Å². The molecule has 0 bridgehead atoms. The van der Waals surface area contributed by atoms with E-state index >= 15 is 0 Å². The Morgan fingerprint density at radius 2 is 2.24 bits per heavy atom. The molecule has 2 unspecified atom stereocenters. The van der Waals surface area contributed by atoms with Crippen LogP contribution in [0.25, 0.3) is 0 Å². The zero-order valence-corrected chi connectivity index (χ0v) is 13.7. The first kappa shape index (κ1) is 16.4. The van der Waals surface area contributed by atoms with Gasteiger partial charge in [0.05, 0.1) is 0 Å².